The number of carbonyl (C=O) groups excluding carboxylic acids is 1. The molecule has 0 atom stereocenters. The maximum Gasteiger partial charge on any atom is 0.335 e. The molecule has 0 spiro atoms. The number of hydrogen-bond acceptors (Lipinski definition) is 4. The highest BCUT2D eigenvalue weighted by Gasteiger charge is 2.18. The molecule has 0 heterocycles. The zero-order valence-electron chi connectivity index (χ0n) is 10.9. The monoisotopic (exact) mass is 278 g/mol. The van der Waals surface area contributed by atoms with Crippen molar-refractivity contribution in [1.29, 1.82) is 0 Å². The van der Waals surface area contributed by atoms with Crippen LogP contribution in [0.2, 0.25) is 0 Å². The van der Waals surface area contributed by atoms with Crippen molar-refractivity contribution < 1.29 is 29.3 Å². The summed E-state index contributed by atoms with van der Waals surface area (Å²) in [5, 5.41) is 18.1. The number of carboxylic acids is 2. The van der Waals surface area contributed by atoms with E-state index in [1.807, 2.05) is 0 Å². The summed E-state index contributed by atoms with van der Waals surface area (Å²) in [7, 11) is 0. The maximum atomic E-state index is 11.2. The SMILES string of the molecule is C=C(C)C(=O)OCCc1c(C(=O)O)cccc1C(=O)O. The van der Waals surface area contributed by atoms with Gasteiger partial charge in [-0.25, -0.2) is 14.4 Å². The van der Waals surface area contributed by atoms with Crippen LogP contribution in [-0.2, 0) is 16.0 Å². The van der Waals surface area contributed by atoms with Crippen LogP contribution in [0.1, 0.15) is 33.2 Å². The van der Waals surface area contributed by atoms with Crippen molar-refractivity contribution in [3.8, 4) is 0 Å². The zero-order chi connectivity index (χ0) is 15.3. The molecule has 0 saturated heterocycles. The quantitative estimate of drug-likeness (QED) is 0.607. The Balaban J connectivity index is 2.97. The van der Waals surface area contributed by atoms with Gasteiger partial charge in [0.05, 0.1) is 17.7 Å². The van der Waals surface area contributed by atoms with E-state index < -0.39 is 17.9 Å². The van der Waals surface area contributed by atoms with E-state index in [9.17, 15) is 14.4 Å². The Labute approximate surface area is 115 Å². The van der Waals surface area contributed by atoms with Gasteiger partial charge in [0.25, 0.3) is 0 Å². The molecule has 0 aliphatic carbocycles. The third kappa shape index (κ3) is 3.68. The minimum absolute atomic E-state index is 0.00310. The molecule has 2 N–H and O–H groups in total. The van der Waals surface area contributed by atoms with E-state index in [1.165, 1.54) is 25.1 Å². The minimum atomic E-state index is -1.23. The van der Waals surface area contributed by atoms with Gasteiger partial charge in [-0.1, -0.05) is 12.6 Å². The van der Waals surface area contributed by atoms with Crippen LogP contribution in [0.5, 0.6) is 0 Å². The van der Waals surface area contributed by atoms with Crippen molar-refractivity contribution in [3.05, 3.63) is 47.0 Å². The third-order valence-electron chi connectivity index (χ3n) is 2.57. The Morgan fingerprint density at radius 1 is 1.15 bits per heavy atom. The first-order valence-electron chi connectivity index (χ1n) is 5.75. The van der Waals surface area contributed by atoms with E-state index in [1.54, 1.807) is 0 Å². The predicted molar refractivity (Wildman–Crippen MR) is 69.8 cm³/mol. The molecule has 0 fully saturated rings. The van der Waals surface area contributed by atoms with Gasteiger partial charge in [0.2, 0.25) is 0 Å². The molecule has 1 rings (SSSR count). The predicted octanol–water partition coefficient (Wildman–Crippen LogP) is 1.74. The van der Waals surface area contributed by atoms with Crippen molar-refractivity contribution in [2.45, 2.75) is 13.3 Å². The van der Waals surface area contributed by atoms with Crippen LogP contribution in [0.25, 0.3) is 0 Å². The maximum absolute atomic E-state index is 11.2. The Kier molecular flexibility index (Phi) is 5.02. The van der Waals surface area contributed by atoms with Gasteiger partial charge in [-0.05, 0) is 24.6 Å². The fourth-order valence-corrected chi connectivity index (χ4v) is 1.63. The molecule has 0 amide bonds. The Hall–Kier alpha value is -2.63. The molecule has 0 unspecified atom stereocenters. The lowest BCUT2D eigenvalue weighted by Gasteiger charge is -2.10. The summed E-state index contributed by atoms with van der Waals surface area (Å²) >= 11 is 0. The molecule has 20 heavy (non-hydrogen) atoms. The van der Waals surface area contributed by atoms with E-state index in [0.29, 0.717) is 0 Å². The lowest BCUT2D eigenvalue weighted by atomic mass is 9.98. The van der Waals surface area contributed by atoms with E-state index in [4.69, 9.17) is 14.9 Å². The summed E-state index contributed by atoms with van der Waals surface area (Å²) in [5.74, 6) is -3.06. The second kappa shape index (κ2) is 6.51. The topological polar surface area (TPSA) is 101 Å². The Morgan fingerprint density at radius 3 is 2.05 bits per heavy atom. The highest BCUT2D eigenvalue weighted by Crippen LogP contribution is 2.16. The summed E-state index contributed by atoms with van der Waals surface area (Å²) in [5.41, 5.74) is 0.115. The van der Waals surface area contributed by atoms with Crippen LogP contribution in [0.4, 0.5) is 0 Å². The number of carbonyl (C=O) groups is 3. The average molecular weight is 278 g/mol. The molecular formula is C14H14O6. The highest BCUT2D eigenvalue weighted by atomic mass is 16.5. The van der Waals surface area contributed by atoms with Crippen LogP contribution < -0.4 is 0 Å². The van der Waals surface area contributed by atoms with E-state index in [0.717, 1.165) is 0 Å². The largest absolute Gasteiger partial charge is 0.478 e. The van der Waals surface area contributed by atoms with Crippen LogP contribution in [0.3, 0.4) is 0 Å². The zero-order valence-corrected chi connectivity index (χ0v) is 10.9. The van der Waals surface area contributed by atoms with Gasteiger partial charge in [-0.15, -0.1) is 0 Å². The van der Waals surface area contributed by atoms with Crippen molar-refractivity contribution >= 4 is 17.9 Å². The fraction of sp³-hybridized carbons (Fsp3) is 0.214. The number of benzene rings is 1. The molecule has 6 heteroatoms. The summed E-state index contributed by atoms with van der Waals surface area (Å²) in [6.07, 6.45) is 0.00310. The standard InChI is InChI=1S/C14H14O6/c1-8(2)14(19)20-7-6-9-10(12(15)16)4-3-5-11(9)13(17)18/h3-5H,1,6-7H2,2H3,(H,15,16)(H,17,18). The Bertz CT molecular complexity index is 541. The van der Waals surface area contributed by atoms with E-state index in [2.05, 4.69) is 6.58 Å². The third-order valence-corrected chi connectivity index (χ3v) is 2.57. The number of carboxylic acid groups (broad SMARTS) is 2. The van der Waals surface area contributed by atoms with Gasteiger partial charge < -0.3 is 14.9 Å². The molecule has 6 nitrogen and oxygen atoms in total. The number of rotatable bonds is 6. The van der Waals surface area contributed by atoms with Crippen LogP contribution in [0.15, 0.2) is 30.4 Å². The van der Waals surface area contributed by atoms with Crippen molar-refractivity contribution in [2.75, 3.05) is 6.61 Å². The van der Waals surface area contributed by atoms with Gasteiger partial charge in [0.15, 0.2) is 0 Å². The van der Waals surface area contributed by atoms with Gasteiger partial charge in [-0.3, -0.25) is 0 Å². The molecule has 0 aromatic heterocycles. The fourth-order valence-electron chi connectivity index (χ4n) is 1.63. The number of aromatic carboxylic acids is 2. The van der Waals surface area contributed by atoms with Gasteiger partial charge in [-0.2, -0.15) is 0 Å². The van der Waals surface area contributed by atoms with Gasteiger partial charge >= 0.3 is 17.9 Å². The molecular weight excluding hydrogens is 264 g/mol. The number of hydrogen-bond donors (Lipinski definition) is 2. The summed E-state index contributed by atoms with van der Waals surface area (Å²) < 4.78 is 4.85. The minimum Gasteiger partial charge on any atom is -0.478 e. The molecule has 106 valence electrons. The molecule has 0 aliphatic heterocycles. The lowest BCUT2D eigenvalue weighted by Crippen LogP contribution is -2.14. The van der Waals surface area contributed by atoms with E-state index >= 15 is 0 Å². The lowest BCUT2D eigenvalue weighted by molar-refractivity contribution is -0.138. The number of esters is 1. The van der Waals surface area contributed by atoms with Crippen LogP contribution in [0, 0.1) is 0 Å². The summed E-state index contributed by atoms with van der Waals surface area (Å²) in [6, 6.07) is 3.98. The average Bonchev–Trinajstić information content (AvgIpc) is 2.37. The van der Waals surface area contributed by atoms with Crippen LogP contribution in [-0.4, -0.2) is 34.7 Å². The van der Waals surface area contributed by atoms with Crippen molar-refractivity contribution in [2.24, 2.45) is 0 Å². The first kappa shape index (κ1) is 15.4. The van der Waals surface area contributed by atoms with Crippen LogP contribution >= 0.6 is 0 Å². The summed E-state index contributed by atoms with van der Waals surface area (Å²) in [4.78, 5) is 33.4. The smallest absolute Gasteiger partial charge is 0.335 e. The normalized spacial score (nSPS) is 9.85. The molecule has 1 aromatic rings. The highest BCUT2D eigenvalue weighted by molar-refractivity contribution is 5.96. The molecule has 0 aliphatic rings. The first-order valence-corrected chi connectivity index (χ1v) is 5.75. The molecule has 0 radical (unpaired) electrons. The van der Waals surface area contributed by atoms with Gasteiger partial charge in [0.1, 0.15) is 0 Å². The second-order valence-corrected chi connectivity index (χ2v) is 4.11. The molecule has 1 aromatic carbocycles. The molecule has 0 bridgehead atoms. The molecule has 0 saturated carbocycles. The van der Waals surface area contributed by atoms with E-state index in [-0.39, 0.29) is 35.3 Å². The first-order chi connectivity index (χ1) is 9.34. The Morgan fingerprint density at radius 2 is 1.65 bits per heavy atom. The van der Waals surface area contributed by atoms with Gasteiger partial charge in [0, 0.05) is 12.0 Å². The van der Waals surface area contributed by atoms with Crippen molar-refractivity contribution in [1.82, 2.24) is 0 Å². The second-order valence-electron chi connectivity index (χ2n) is 4.11. The summed E-state index contributed by atoms with van der Waals surface area (Å²) in [6.45, 7) is 4.78. The number of ether oxygens (including phenoxy) is 1. The van der Waals surface area contributed by atoms with Crippen molar-refractivity contribution in [3.63, 3.8) is 0 Å².